The van der Waals surface area contributed by atoms with Crippen LogP contribution in [-0.2, 0) is 14.6 Å². The fourth-order valence-corrected chi connectivity index (χ4v) is 5.94. The number of primary amides is 1. The molecule has 1 saturated carbocycles. The van der Waals surface area contributed by atoms with Crippen LogP contribution in [0.4, 0.5) is 9.39 Å². The van der Waals surface area contributed by atoms with E-state index in [-0.39, 0.29) is 37.0 Å². The first kappa shape index (κ1) is 19.0. The maximum Gasteiger partial charge on any atom is 0.256 e. The van der Waals surface area contributed by atoms with Crippen molar-refractivity contribution < 1.29 is 27.5 Å². The molecule has 2 aromatic rings. The summed E-state index contributed by atoms with van der Waals surface area (Å²) in [6, 6.07) is 4.13. The Hall–Kier alpha value is -1.82. The van der Waals surface area contributed by atoms with E-state index in [1.807, 2.05) is 0 Å². The highest BCUT2D eigenvalue weighted by molar-refractivity contribution is 9.10. The zero-order valence-electron chi connectivity index (χ0n) is 13.0. The predicted molar refractivity (Wildman–Crippen MR) is 95.2 cm³/mol. The largest absolute Gasteiger partial charge is 0.380 e. The Morgan fingerprint density at radius 1 is 1.31 bits per heavy atom. The summed E-state index contributed by atoms with van der Waals surface area (Å²) in [4.78, 5) is 23.4. The van der Waals surface area contributed by atoms with Crippen molar-refractivity contribution in [3.8, 4) is 0 Å². The summed E-state index contributed by atoms with van der Waals surface area (Å²) < 4.78 is 38.6. The standard InChI is InChI=1S/C15H12BrFN2O5S2/c16-9-5-7(17)1-2-10(9)26(23,24)11-6-8(12(18)20)13(25-11)19-14(21)15(22)3-4-15/h1-2,5-6,22H,3-4H2,(H2,18,20)(H,19,21). The molecule has 1 aliphatic carbocycles. The number of halogens is 2. The van der Waals surface area contributed by atoms with Gasteiger partial charge in [0, 0.05) is 4.47 Å². The Morgan fingerprint density at radius 3 is 2.50 bits per heavy atom. The molecular formula is C15H12BrFN2O5S2. The van der Waals surface area contributed by atoms with Gasteiger partial charge in [-0.3, -0.25) is 9.59 Å². The molecule has 0 atom stereocenters. The molecule has 3 rings (SSSR count). The van der Waals surface area contributed by atoms with E-state index in [0.717, 1.165) is 24.3 Å². The van der Waals surface area contributed by atoms with Gasteiger partial charge in [-0.05, 0) is 53.0 Å². The van der Waals surface area contributed by atoms with Crippen LogP contribution in [0.25, 0.3) is 0 Å². The summed E-state index contributed by atoms with van der Waals surface area (Å²) >= 11 is 3.63. The van der Waals surface area contributed by atoms with Crippen LogP contribution in [0.3, 0.4) is 0 Å². The molecule has 1 aromatic heterocycles. The molecular weight excluding hydrogens is 451 g/mol. The average molecular weight is 463 g/mol. The highest BCUT2D eigenvalue weighted by atomic mass is 79.9. The Morgan fingerprint density at radius 2 is 1.96 bits per heavy atom. The minimum absolute atomic E-state index is 0.0180. The summed E-state index contributed by atoms with van der Waals surface area (Å²) in [6.45, 7) is 0. The molecule has 11 heteroatoms. The third kappa shape index (κ3) is 3.39. The Bertz CT molecular complexity index is 1030. The number of sulfone groups is 1. The lowest BCUT2D eigenvalue weighted by molar-refractivity contribution is -0.125. The number of thiophene rings is 1. The number of carbonyl (C=O) groups excluding carboxylic acids is 2. The SMILES string of the molecule is NC(=O)c1cc(S(=O)(=O)c2ccc(F)cc2Br)sc1NC(=O)C1(O)CC1. The first-order chi connectivity index (χ1) is 12.0. The zero-order valence-corrected chi connectivity index (χ0v) is 16.2. The van der Waals surface area contributed by atoms with Gasteiger partial charge < -0.3 is 16.2 Å². The van der Waals surface area contributed by atoms with Crippen molar-refractivity contribution in [1.82, 2.24) is 0 Å². The zero-order chi connectivity index (χ0) is 19.3. The molecule has 1 fully saturated rings. The number of rotatable bonds is 5. The normalized spacial score (nSPS) is 15.5. The van der Waals surface area contributed by atoms with E-state index in [2.05, 4.69) is 21.2 Å². The lowest BCUT2D eigenvalue weighted by Gasteiger charge is -2.08. The van der Waals surface area contributed by atoms with Crippen molar-refractivity contribution in [3.63, 3.8) is 0 Å². The smallest absolute Gasteiger partial charge is 0.256 e. The molecule has 0 bridgehead atoms. The molecule has 138 valence electrons. The van der Waals surface area contributed by atoms with E-state index in [9.17, 15) is 27.5 Å². The van der Waals surface area contributed by atoms with Gasteiger partial charge in [-0.25, -0.2) is 12.8 Å². The molecule has 7 nitrogen and oxygen atoms in total. The van der Waals surface area contributed by atoms with Crippen LogP contribution in [0.1, 0.15) is 23.2 Å². The van der Waals surface area contributed by atoms with Gasteiger partial charge >= 0.3 is 0 Å². The molecule has 0 saturated heterocycles. The van der Waals surface area contributed by atoms with Crippen molar-refractivity contribution in [2.45, 2.75) is 27.5 Å². The second-order valence-corrected chi connectivity index (χ2v) is 9.79. The number of aliphatic hydroxyl groups is 1. The number of hydrogen-bond donors (Lipinski definition) is 3. The molecule has 26 heavy (non-hydrogen) atoms. The van der Waals surface area contributed by atoms with Crippen molar-refractivity contribution in [3.05, 3.63) is 40.1 Å². The van der Waals surface area contributed by atoms with Gasteiger partial charge in [0.15, 0.2) is 0 Å². The van der Waals surface area contributed by atoms with Crippen LogP contribution in [0.15, 0.2) is 37.8 Å². The molecule has 0 unspecified atom stereocenters. The maximum absolute atomic E-state index is 13.2. The maximum atomic E-state index is 13.2. The average Bonchev–Trinajstić information content (AvgIpc) is 3.14. The molecule has 1 aliphatic rings. The van der Waals surface area contributed by atoms with Gasteiger partial charge in [-0.2, -0.15) is 0 Å². The van der Waals surface area contributed by atoms with E-state index in [1.54, 1.807) is 0 Å². The van der Waals surface area contributed by atoms with Crippen LogP contribution < -0.4 is 11.1 Å². The molecule has 0 spiro atoms. The quantitative estimate of drug-likeness (QED) is 0.585. The summed E-state index contributed by atoms with van der Waals surface area (Å²) in [6.07, 6.45) is 0.563. The number of benzene rings is 1. The number of amides is 2. The summed E-state index contributed by atoms with van der Waals surface area (Å²) in [5, 5.41) is 12.1. The molecule has 0 radical (unpaired) electrons. The van der Waals surface area contributed by atoms with Crippen molar-refractivity contribution in [2.24, 2.45) is 5.73 Å². The second kappa shape index (κ2) is 6.41. The topological polar surface area (TPSA) is 127 Å². The van der Waals surface area contributed by atoms with Gasteiger partial charge in [-0.1, -0.05) is 0 Å². The third-order valence-corrected chi connectivity index (χ3v) is 8.05. The van der Waals surface area contributed by atoms with Gasteiger partial charge in [0.2, 0.25) is 9.84 Å². The van der Waals surface area contributed by atoms with Crippen LogP contribution in [0.5, 0.6) is 0 Å². The fraction of sp³-hybridized carbons (Fsp3) is 0.200. The first-order valence-corrected chi connectivity index (χ1v) is 10.3. The predicted octanol–water partition coefficient (Wildman–Crippen LogP) is 2.04. The molecule has 1 aromatic carbocycles. The molecule has 4 N–H and O–H groups in total. The number of carbonyl (C=O) groups is 2. The van der Waals surface area contributed by atoms with E-state index >= 15 is 0 Å². The minimum atomic E-state index is -4.09. The summed E-state index contributed by atoms with van der Waals surface area (Å²) in [5.41, 5.74) is 3.57. The van der Waals surface area contributed by atoms with E-state index in [4.69, 9.17) is 5.73 Å². The first-order valence-electron chi connectivity index (χ1n) is 7.22. The summed E-state index contributed by atoms with van der Waals surface area (Å²) in [7, 11) is -4.09. The van der Waals surface area contributed by atoms with Crippen LogP contribution in [0.2, 0.25) is 0 Å². The highest BCUT2D eigenvalue weighted by Gasteiger charge is 2.48. The van der Waals surface area contributed by atoms with E-state index in [1.165, 1.54) is 0 Å². The van der Waals surface area contributed by atoms with Crippen LogP contribution in [0, 0.1) is 5.82 Å². The van der Waals surface area contributed by atoms with Gasteiger partial charge in [-0.15, -0.1) is 11.3 Å². The Labute approximate surface area is 160 Å². The van der Waals surface area contributed by atoms with Crippen molar-refractivity contribution >= 4 is 53.9 Å². The lowest BCUT2D eigenvalue weighted by Crippen LogP contribution is -2.29. The fourth-order valence-electron chi connectivity index (χ4n) is 2.14. The minimum Gasteiger partial charge on any atom is -0.380 e. The number of anilines is 1. The molecule has 1 heterocycles. The second-order valence-electron chi connectivity index (χ2n) is 5.74. The van der Waals surface area contributed by atoms with Crippen molar-refractivity contribution in [1.29, 1.82) is 0 Å². The Kier molecular flexibility index (Phi) is 4.67. The molecule has 0 aliphatic heterocycles. The third-order valence-electron chi connectivity index (χ3n) is 3.80. The van der Waals surface area contributed by atoms with E-state index < -0.39 is 33.1 Å². The van der Waals surface area contributed by atoms with Crippen molar-refractivity contribution in [2.75, 3.05) is 5.32 Å². The Balaban J connectivity index is 2.03. The van der Waals surface area contributed by atoms with Gasteiger partial charge in [0.05, 0.1) is 10.5 Å². The molecule has 2 amide bonds. The number of nitrogens with one attached hydrogen (secondary N) is 1. The number of nitrogens with two attached hydrogens (primary N) is 1. The van der Waals surface area contributed by atoms with E-state index in [0.29, 0.717) is 11.3 Å². The lowest BCUT2D eigenvalue weighted by atomic mass is 10.3. The monoisotopic (exact) mass is 462 g/mol. The number of hydrogen-bond acceptors (Lipinski definition) is 6. The van der Waals surface area contributed by atoms with Crippen LogP contribution >= 0.6 is 27.3 Å². The summed E-state index contributed by atoms with van der Waals surface area (Å²) in [5.74, 6) is -2.28. The van der Waals surface area contributed by atoms with Gasteiger partial charge in [0.25, 0.3) is 11.8 Å². The van der Waals surface area contributed by atoms with Gasteiger partial charge in [0.1, 0.15) is 20.6 Å². The van der Waals surface area contributed by atoms with Crippen LogP contribution in [-0.4, -0.2) is 30.9 Å². The highest BCUT2D eigenvalue weighted by Crippen LogP contribution is 2.40.